The number of aromatic nitrogens is 2. The quantitative estimate of drug-likeness (QED) is 0.852. The van der Waals surface area contributed by atoms with Crippen molar-refractivity contribution < 1.29 is 0 Å². The molecule has 2 heterocycles. The van der Waals surface area contributed by atoms with Crippen LogP contribution in [0, 0.1) is 0 Å². The Labute approximate surface area is 101 Å². The van der Waals surface area contributed by atoms with Crippen LogP contribution in [0.3, 0.4) is 0 Å². The molecule has 3 rings (SSSR count). The van der Waals surface area contributed by atoms with Crippen LogP contribution in [-0.2, 0) is 13.0 Å². The predicted molar refractivity (Wildman–Crippen MR) is 67.9 cm³/mol. The molecule has 0 aliphatic carbocycles. The molecule has 0 spiro atoms. The summed E-state index contributed by atoms with van der Waals surface area (Å²) >= 11 is 0. The van der Waals surface area contributed by atoms with Crippen LogP contribution in [0.5, 0.6) is 0 Å². The second kappa shape index (κ2) is 4.34. The average Bonchev–Trinajstić information content (AvgIpc) is 2.86. The van der Waals surface area contributed by atoms with Gasteiger partial charge in [-0.3, -0.25) is 0 Å². The van der Waals surface area contributed by atoms with Crippen LogP contribution in [0.15, 0.2) is 36.7 Å². The molecule has 1 unspecified atom stereocenters. The molecule has 88 valence electrons. The molecule has 0 saturated carbocycles. The van der Waals surface area contributed by atoms with Crippen LogP contribution in [0.25, 0.3) is 0 Å². The summed E-state index contributed by atoms with van der Waals surface area (Å²) in [6.45, 7) is 4.12. The van der Waals surface area contributed by atoms with Gasteiger partial charge in [-0.15, -0.1) is 0 Å². The number of imidazole rings is 1. The number of aryl methyl sites for hydroxylation is 1. The zero-order valence-corrected chi connectivity index (χ0v) is 10.1. The van der Waals surface area contributed by atoms with Gasteiger partial charge in [0.05, 0.1) is 6.04 Å². The third kappa shape index (κ3) is 1.76. The molecule has 17 heavy (non-hydrogen) atoms. The van der Waals surface area contributed by atoms with Gasteiger partial charge in [0.15, 0.2) is 0 Å². The minimum atomic E-state index is 0.386. The van der Waals surface area contributed by atoms with Crippen molar-refractivity contribution in [1.29, 1.82) is 0 Å². The summed E-state index contributed by atoms with van der Waals surface area (Å²) < 4.78 is 2.30. The van der Waals surface area contributed by atoms with Crippen LogP contribution < -0.4 is 5.32 Å². The summed E-state index contributed by atoms with van der Waals surface area (Å²) in [6, 6.07) is 9.06. The lowest BCUT2D eigenvalue weighted by molar-refractivity contribution is 0.475. The highest BCUT2D eigenvalue weighted by Gasteiger charge is 2.21. The molecule has 1 aliphatic rings. The van der Waals surface area contributed by atoms with Gasteiger partial charge in [0.1, 0.15) is 5.82 Å². The number of nitrogens with one attached hydrogen (secondary N) is 1. The predicted octanol–water partition coefficient (Wildman–Crippen LogP) is 2.14. The first kappa shape index (κ1) is 10.5. The van der Waals surface area contributed by atoms with Gasteiger partial charge in [-0.1, -0.05) is 31.2 Å². The maximum atomic E-state index is 4.42. The van der Waals surface area contributed by atoms with Crippen LogP contribution >= 0.6 is 0 Å². The van der Waals surface area contributed by atoms with Gasteiger partial charge in [0, 0.05) is 31.9 Å². The first-order chi connectivity index (χ1) is 8.40. The van der Waals surface area contributed by atoms with E-state index in [0.29, 0.717) is 6.04 Å². The Balaban J connectivity index is 2.06. The van der Waals surface area contributed by atoms with Gasteiger partial charge in [-0.05, 0) is 11.1 Å². The maximum Gasteiger partial charge on any atom is 0.108 e. The van der Waals surface area contributed by atoms with Gasteiger partial charge in [0.2, 0.25) is 0 Å². The zero-order valence-electron chi connectivity index (χ0n) is 10.1. The van der Waals surface area contributed by atoms with Gasteiger partial charge >= 0.3 is 0 Å². The number of hydrogen-bond acceptors (Lipinski definition) is 2. The maximum absolute atomic E-state index is 4.42. The largest absolute Gasteiger partial charge is 0.326 e. The highest BCUT2D eigenvalue weighted by Crippen LogP contribution is 2.26. The van der Waals surface area contributed by atoms with Crippen molar-refractivity contribution in [3.05, 3.63) is 53.6 Å². The van der Waals surface area contributed by atoms with E-state index in [1.165, 1.54) is 11.1 Å². The van der Waals surface area contributed by atoms with Crippen molar-refractivity contribution in [2.75, 3.05) is 6.54 Å². The van der Waals surface area contributed by atoms with E-state index in [-0.39, 0.29) is 0 Å². The van der Waals surface area contributed by atoms with Crippen LogP contribution in [0.4, 0.5) is 0 Å². The number of hydrogen-bond donors (Lipinski definition) is 1. The van der Waals surface area contributed by atoms with Crippen LogP contribution in [0.2, 0.25) is 0 Å². The van der Waals surface area contributed by atoms with E-state index in [2.05, 4.69) is 52.3 Å². The smallest absolute Gasteiger partial charge is 0.108 e. The fourth-order valence-corrected chi connectivity index (χ4v) is 2.62. The summed E-state index contributed by atoms with van der Waals surface area (Å²) in [5.74, 6) is 1.16. The Morgan fingerprint density at radius 2 is 2.29 bits per heavy atom. The zero-order chi connectivity index (χ0) is 11.7. The van der Waals surface area contributed by atoms with Gasteiger partial charge in [-0.25, -0.2) is 4.98 Å². The summed E-state index contributed by atoms with van der Waals surface area (Å²) in [6.07, 6.45) is 4.97. The summed E-state index contributed by atoms with van der Waals surface area (Å²) in [7, 11) is 0. The minimum Gasteiger partial charge on any atom is -0.326 e. The van der Waals surface area contributed by atoms with E-state index in [1.54, 1.807) is 0 Å². The second-order valence-corrected chi connectivity index (χ2v) is 4.45. The fraction of sp³-hybridized carbons (Fsp3) is 0.357. The topological polar surface area (TPSA) is 29.9 Å². The van der Waals surface area contributed by atoms with Crippen molar-refractivity contribution in [2.45, 2.75) is 25.9 Å². The minimum absolute atomic E-state index is 0.386. The lowest BCUT2D eigenvalue weighted by atomic mass is 9.96. The Morgan fingerprint density at radius 3 is 3.18 bits per heavy atom. The van der Waals surface area contributed by atoms with E-state index in [9.17, 15) is 0 Å². The third-order valence-electron chi connectivity index (χ3n) is 3.47. The number of nitrogens with zero attached hydrogens (tertiary/aromatic N) is 2. The molecule has 0 saturated heterocycles. The first-order valence-corrected chi connectivity index (χ1v) is 6.20. The van der Waals surface area contributed by atoms with Crippen LogP contribution in [-0.4, -0.2) is 16.1 Å². The van der Waals surface area contributed by atoms with Gasteiger partial charge in [0.25, 0.3) is 0 Å². The molecule has 0 bridgehead atoms. The summed E-state index contributed by atoms with van der Waals surface area (Å²) in [4.78, 5) is 4.42. The molecular formula is C14H17N3. The van der Waals surface area contributed by atoms with E-state index in [4.69, 9.17) is 0 Å². The normalized spacial score (nSPS) is 19.0. The Bertz CT molecular complexity index is 516. The Morgan fingerprint density at radius 1 is 1.41 bits per heavy atom. The van der Waals surface area contributed by atoms with Gasteiger partial charge in [-0.2, -0.15) is 0 Å². The molecule has 1 aromatic heterocycles. The SMILES string of the molecule is CCc1nccn1C1CNCc2ccccc21. The van der Waals surface area contributed by atoms with Crippen molar-refractivity contribution in [3.63, 3.8) is 0 Å². The van der Waals surface area contributed by atoms with Crippen molar-refractivity contribution in [3.8, 4) is 0 Å². The Hall–Kier alpha value is -1.61. The molecule has 3 heteroatoms. The third-order valence-corrected chi connectivity index (χ3v) is 3.47. The number of fused-ring (bicyclic) bond motifs is 1. The number of benzene rings is 1. The highest BCUT2D eigenvalue weighted by atomic mass is 15.1. The lowest BCUT2D eigenvalue weighted by Gasteiger charge is -2.28. The number of rotatable bonds is 2. The molecule has 1 aliphatic heterocycles. The fourth-order valence-electron chi connectivity index (χ4n) is 2.62. The van der Waals surface area contributed by atoms with E-state index in [0.717, 1.165) is 25.3 Å². The van der Waals surface area contributed by atoms with E-state index < -0.39 is 0 Å². The second-order valence-electron chi connectivity index (χ2n) is 4.45. The standard InChI is InChI=1S/C14H17N3/c1-2-14-16-7-8-17(14)13-10-15-9-11-5-3-4-6-12(11)13/h3-8,13,15H,2,9-10H2,1H3. The molecule has 2 aromatic rings. The van der Waals surface area contributed by atoms with Crippen molar-refractivity contribution in [1.82, 2.24) is 14.9 Å². The highest BCUT2D eigenvalue weighted by molar-refractivity contribution is 5.33. The molecule has 1 aromatic carbocycles. The monoisotopic (exact) mass is 227 g/mol. The molecular weight excluding hydrogens is 210 g/mol. The van der Waals surface area contributed by atoms with Crippen molar-refractivity contribution >= 4 is 0 Å². The Kier molecular flexibility index (Phi) is 2.69. The summed E-state index contributed by atoms with van der Waals surface area (Å²) in [5.41, 5.74) is 2.83. The molecule has 1 atom stereocenters. The molecule has 3 nitrogen and oxygen atoms in total. The summed E-state index contributed by atoms with van der Waals surface area (Å²) in [5, 5.41) is 3.48. The van der Waals surface area contributed by atoms with E-state index in [1.807, 2.05) is 6.20 Å². The molecule has 1 N–H and O–H groups in total. The molecule has 0 fully saturated rings. The lowest BCUT2D eigenvalue weighted by Crippen LogP contribution is -2.32. The van der Waals surface area contributed by atoms with Crippen LogP contribution in [0.1, 0.15) is 29.9 Å². The first-order valence-electron chi connectivity index (χ1n) is 6.20. The van der Waals surface area contributed by atoms with Gasteiger partial charge < -0.3 is 9.88 Å². The molecule has 0 amide bonds. The van der Waals surface area contributed by atoms with Crippen molar-refractivity contribution in [2.24, 2.45) is 0 Å². The molecule has 0 radical (unpaired) electrons. The van der Waals surface area contributed by atoms with E-state index >= 15 is 0 Å². The average molecular weight is 227 g/mol.